The minimum absolute atomic E-state index is 0.202. The molecule has 0 aromatic heterocycles. The van der Waals surface area contributed by atoms with Crippen LogP contribution < -0.4 is 20.3 Å². The summed E-state index contributed by atoms with van der Waals surface area (Å²) in [5.41, 5.74) is 3.15. The largest absolute Gasteiger partial charge is 0.467 e. The molecule has 3 aromatic carbocycles. The molecule has 0 spiro atoms. The minimum atomic E-state index is -1.16. The molecule has 2 aliphatic rings. The van der Waals surface area contributed by atoms with Gasteiger partial charge in [-0.15, -0.1) is 0 Å². The van der Waals surface area contributed by atoms with Gasteiger partial charge in [0.05, 0.1) is 6.04 Å². The third-order valence-electron chi connectivity index (χ3n) is 6.47. The first kappa shape index (κ1) is 22.8. The van der Waals surface area contributed by atoms with Crippen molar-refractivity contribution in [1.29, 1.82) is 0 Å². The van der Waals surface area contributed by atoms with Crippen LogP contribution in [0.25, 0.3) is 0 Å². The quantitative estimate of drug-likeness (QED) is 0.399. The maximum atomic E-state index is 13.9. The molecule has 1 fully saturated rings. The van der Waals surface area contributed by atoms with Gasteiger partial charge in [-0.2, -0.15) is 0 Å². The number of hydrogen-bond acceptors (Lipinski definition) is 3. The fourth-order valence-corrected chi connectivity index (χ4v) is 5.69. The van der Waals surface area contributed by atoms with Crippen LogP contribution in [0.15, 0.2) is 65.1 Å². The van der Waals surface area contributed by atoms with Gasteiger partial charge in [0.2, 0.25) is 5.91 Å². The van der Waals surface area contributed by atoms with Gasteiger partial charge in [0.1, 0.15) is 17.5 Å². The van der Waals surface area contributed by atoms with Gasteiger partial charge in [-0.1, -0.05) is 33.6 Å². The average Bonchev–Trinajstić information content (AvgIpc) is 2.77. The molecular formula is C26H23BrFN3O2S. The number of nitrogens with one attached hydrogen (secondary N) is 2. The molecule has 2 N–H and O–H groups in total. The molecule has 5 nitrogen and oxygen atoms in total. The van der Waals surface area contributed by atoms with E-state index in [4.69, 9.17) is 17.0 Å². The Bertz CT molecular complexity index is 1320. The number of fused-ring (bicyclic) bond motifs is 4. The van der Waals surface area contributed by atoms with Crippen molar-refractivity contribution in [2.24, 2.45) is 5.92 Å². The zero-order chi connectivity index (χ0) is 24.2. The van der Waals surface area contributed by atoms with Crippen molar-refractivity contribution < 1.29 is 13.9 Å². The highest BCUT2D eigenvalue weighted by Crippen LogP contribution is 2.50. The zero-order valence-corrected chi connectivity index (χ0v) is 21.3. The van der Waals surface area contributed by atoms with Crippen molar-refractivity contribution in [1.82, 2.24) is 5.32 Å². The Morgan fingerprint density at radius 2 is 1.88 bits per heavy atom. The molecule has 3 atom stereocenters. The lowest BCUT2D eigenvalue weighted by Crippen LogP contribution is -2.72. The second-order valence-electron chi connectivity index (χ2n) is 8.86. The Hall–Kier alpha value is -2.97. The SMILES string of the molecule is Cc1ccc(NC(=O)[C@@H]2[C@@H]3NC(=S)N(c4ccc(F)cc4)[C@@]2(C)Oc2ccc(Br)cc23)c(C)c1. The molecule has 1 amide bonds. The molecular weight excluding hydrogens is 517 g/mol. The number of anilines is 2. The van der Waals surface area contributed by atoms with E-state index in [9.17, 15) is 9.18 Å². The van der Waals surface area contributed by atoms with Gasteiger partial charge in [0, 0.05) is 21.4 Å². The number of nitrogens with zero attached hydrogens (tertiary/aromatic N) is 1. The molecule has 3 aromatic rings. The summed E-state index contributed by atoms with van der Waals surface area (Å²) < 4.78 is 21.1. The Labute approximate surface area is 211 Å². The van der Waals surface area contributed by atoms with Gasteiger partial charge in [0.25, 0.3) is 0 Å². The van der Waals surface area contributed by atoms with Gasteiger partial charge < -0.3 is 15.4 Å². The molecule has 0 radical (unpaired) electrons. The number of thiocarbonyl (C=S) groups is 1. The van der Waals surface area contributed by atoms with Gasteiger partial charge in [-0.3, -0.25) is 9.69 Å². The molecule has 0 unspecified atom stereocenters. The summed E-state index contributed by atoms with van der Waals surface area (Å²) >= 11 is 9.26. The van der Waals surface area contributed by atoms with Gasteiger partial charge in [-0.25, -0.2) is 4.39 Å². The molecule has 1 saturated heterocycles. The summed E-state index contributed by atoms with van der Waals surface area (Å²) in [6, 6.07) is 17.2. The first-order valence-corrected chi connectivity index (χ1v) is 12.1. The van der Waals surface area contributed by atoms with Crippen molar-refractivity contribution in [2.75, 3.05) is 10.2 Å². The average molecular weight is 540 g/mol. The lowest BCUT2D eigenvalue weighted by molar-refractivity contribution is -0.130. The number of carbonyl (C=O) groups excluding carboxylic acids is 1. The third-order valence-corrected chi connectivity index (χ3v) is 7.26. The fraction of sp³-hybridized carbons (Fsp3) is 0.231. The van der Waals surface area contributed by atoms with Crippen LogP contribution in [0.1, 0.15) is 29.7 Å². The van der Waals surface area contributed by atoms with E-state index in [0.717, 1.165) is 26.9 Å². The first-order chi connectivity index (χ1) is 16.2. The van der Waals surface area contributed by atoms with Crippen molar-refractivity contribution in [2.45, 2.75) is 32.5 Å². The van der Waals surface area contributed by atoms with Crippen LogP contribution in [0.4, 0.5) is 15.8 Å². The molecule has 2 aliphatic heterocycles. The van der Waals surface area contributed by atoms with Crippen molar-refractivity contribution in [3.63, 3.8) is 0 Å². The second-order valence-corrected chi connectivity index (χ2v) is 10.2. The van der Waals surface area contributed by atoms with Crippen LogP contribution in [0.3, 0.4) is 0 Å². The molecule has 174 valence electrons. The standard InChI is InChI=1S/C26H23BrFN3O2S/c1-14-4-10-20(15(2)12-14)29-24(32)22-23-19-13-16(27)5-11-21(19)33-26(22,3)31(25(34)30-23)18-8-6-17(28)7-9-18/h4-13,22-23H,1-3H3,(H,29,32)(H,30,34)/t22-,23+,26-/m0/s1. The van der Waals surface area contributed by atoms with Crippen LogP contribution in [0.5, 0.6) is 5.75 Å². The van der Waals surface area contributed by atoms with Gasteiger partial charge in [0.15, 0.2) is 10.8 Å². The number of hydrogen-bond donors (Lipinski definition) is 2. The smallest absolute Gasteiger partial charge is 0.236 e. The molecule has 8 heteroatoms. The number of ether oxygens (including phenoxy) is 1. The van der Waals surface area contributed by atoms with E-state index >= 15 is 0 Å². The lowest BCUT2D eigenvalue weighted by Gasteiger charge is -2.56. The van der Waals surface area contributed by atoms with Crippen molar-refractivity contribution in [3.05, 3.63) is 87.6 Å². The molecule has 5 rings (SSSR count). The number of amides is 1. The van der Waals surface area contributed by atoms with E-state index < -0.39 is 17.7 Å². The molecule has 2 bridgehead atoms. The van der Waals surface area contributed by atoms with Gasteiger partial charge in [-0.05, 0) is 87.1 Å². The maximum absolute atomic E-state index is 13.9. The number of aryl methyl sites for hydroxylation is 2. The van der Waals surface area contributed by atoms with E-state index in [1.165, 1.54) is 12.1 Å². The highest BCUT2D eigenvalue weighted by molar-refractivity contribution is 9.10. The molecule has 0 aliphatic carbocycles. The molecule has 0 saturated carbocycles. The van der Waals surface area contributed by atoms with Gasteiger partial charge >= 0.3 is 0 Å². The summed E-state index contributed by atoms with van der Waals surface area (Å²) in [6.45, 7) is 5.83. The topological polar surface area (TPSA) is 53.6 Å². The zero-order valence-electron chi connectivity index (χ0n) is 18.9. The Kier molecular flexibility index (Phi) is 5.61. The normalized spacial score (nSPS) is 23.0. The fourth-order valence-electron chi connectivity index (χ4n) is 4.90. The lowest BCUT2D eigenvalue weighted by atomic mass is 9.78. The maximum Gasteiger partial charge on any atom is 0.236 e. The van der Waals surface area contributed by atoms with E-state index in [1.807, 2.05) is 57.2 Å². The number of carbonyl (C=O) groups is 1. The summed E-state index contributed by atoms with van der Waals surface area (Å²) in [6.07, 6.45) is 0. The van der Waals surface area contributed by atoms with Crippen molar-refractivity contribution >= 4 is 50.5 Å². The highest BCUT2D eigenvalue weighted by Gasteiger charge is 2.59. The predicted molar refractivity (Wildman–Crippen MR) is 139 cm³/mol. The number of halogens is 2. The summed E-state index contributed by atoms with van der Waals surface area (Å²) in [7, 11) is 0. The minimum Gasteiger partial charge on any atom is -0.467 e. The predicted octanol–water partition coefficient (Wildman–Crippen LogP) is 6.00. The Morgan fingerprint density at radius 3 is 2.59 bits per heavy atom. The van der Waals surface area contributed by atoms with Crippen LogP contribution in [-0.2, 0) is 4.79 Å². The van der Waals surface area contributed by atoms with Crippen molar-refractivity contribution in [3.8, 4) is 5.75 Å². The van der Waals surface area contributed by atoms with Crippen LogP contribution in [0.2, 0.25) is 0 Å². The highest BCUT2D eigenvalue weighted by atomic mass is 79.9. The Balaban J connectivity index is 1.63. The Morgan fingerprint density at radius 1 is 1.15 bits per heavy atom. The number of benzene rings is 3. The van der Waals surface area contributed by atoms with Crippen LogP contribution in [-0.4, -0.2) is 16.7 Å². The van der Waals surface area contributed by atoms with Crippen LogP contribution >= 0.6 is 28.1 Å². The second kappa shape index (κ2) is 8.36. The van der Waals surface area contributed by atoms with E-state index in [1.54, 1.807) is 17.0 Å². The summed E-state index contributed by atoms with van der Waals surface area (Å²) in [5.74, 6) is -0.570. The molecule has 34 heavy (non-hydrogen) atoms. The first-order valence-electron chi connectivity index (χ1n) is 10.9. The van der Waals surface area contributed by atoms with Crippen LogP contribution in [0, 0.1) is 25.6 Å². The third kappa shape index (κ3) is 3.75. The van der Waals surface area contributed by atoms with E-state index in [-0.39, 0.29) is 11.7 Å². The summed E-state index contributed by atoms with van der Waals surface area (Å²) in [5, 5.41) is 6.87. The number of rotatable bonds is 3. The van der Waals surface area contributed by atoms with E-state index in [0.29, 0.717) is 16.5 Å². The monoisotopic (exact) mass is 539 g/mol. The molecule has 2 heterocycles. The summed E-state index contributed by atoms with van der Waals surface area (Å²) in [4.78, 5) is 15.6. The van der Waals surface area contributed by atoms with E-state index in [2.05, 4.69) is 26.6 Å².